The Hall–Kier alpha value is -4.26. The van der Waals surface area contributed by atoms with E-state index < -0.39 is 0 Å². The number of hydrogen-bond donors (Lipinski definition) is 2. The van der Waals surface area contributed by atoms with Crippen molar-refractivity contribution in [3.05, 3.63) is 83.7 Å². The van der Waals surface area contributed by atoms with Crippen LogP contribution in [0.3, 0.4) is 0 Å². The Labute approximate surface area is 213 Å². The molecule has 188 valence electrons. The highest BCUT2D eigenvalue weighted by molar-refractivity contribution is 6.12. The van der Waals surface area contributed by atoms with E-state index >= 15 is 0 Å². The lowest BCUT2D eigenvalue weighted by Gasteiger charge is -2.12. The van der Waals surface area contributed by atoms with Gasteiger partial charge in [0.25, 0.3) is 5.91 Å². The first kappa shape index (κ1) is 24.4. The van der Waals surface area contributed by atoms with Gasteiger partial charge < -0.3 is 15.1 Å². The second-order valence-electron chi connectivity index (χ2n) is 9.46. The van der Waals surface area contributed by atoms with Crippen molar-refractivity contribution in [1.29, 1.82) is 0 Å². The summed E-state index contributed by atoms with van der Waals surface area (Å²) < 4.78 is 19.5. The minimum Gasteiger partial charge on any atom is -0.455 e. The molecule has 2 atom stereocenters. The zero-order valence-electron chi connectivity index (χ0n) is 20.6. The Kier molecular flexibility index (Phi) is 6.61. The van der Waals surface area contributed by atoms with E-state index in [0.29, 0.717) is 39.8 Å². The topological polar surface area (TPSA) is 88.4 Å². The van der Waals surface area contributed by atoms with Gasteiger partial charge in [0.1, 0.15) is 17.2 Å². The second-order valence-corrected chi connectivity index (χ2v) is 9.46. The molecule has 2 amide bonds. The SMILES string of the molecule is CNC(=O)c1c(-c2ccc(F)cc2)oc2ccc(-c3cccc(C(=O)C4CC[C@H](NC(C)=O)C4)c3)cc12. The fraction of sp³-hybridized carbons (Fsp3) is 0.233. The van der Waals surface area contributed by atoms with E-state index in [2.05, 4.69) is 10.6 Å². The van der Waals surface area contributed by atoms with Crippen LogP contribution in [0.25, 0.3) is 33.4 Å². The van der Waals surface area contributed by atoms with Crippen molar-refractivity contribution in [1.82, 2.24) is 10.6 Å². The number of amides is 2. The fourth-order valence-corrected chi connectivity index (χ4v) is 5.16. The Balaban J connectivity index is 1.49. The maximum Gasteiger partial charge on any atom is 0.255 e. The Morgan fingerprint density at radius 1 is 0.919 bits per heavy atom. The molecule has 0 aliphatic heterocycles. The number of ketones is 1. The van der Waals surface area contributed by atoms with Gasteiger partial charge in [0.2, 0.25) is 5.91 Å². The summed E-state index contributed by atoms with van der Waals surface area (Å²) in [6.07, 6.45) is 2.19. The molecule has 0 radical (unpaired) electrons. The zero-order chi connectivity index (χ0) is 26.1. The second kappa shape index (κ2) is 10.0. The summed E-state index contributed by atoms with van der Waals surface area (Å²) in [5.74, 6) is -0.445. The van der Waals surface area contributed by atoms with Crippen LogP contribution in [0.5, 0.6) is 0 Å². The number of carbonyl (C=O) groups excluding carboxylic acids is 3. The number of carbonyl (C=O) groups is 3. The van der Waals surface area contributed by atoms with Gasteiger partial charge in [-0.25, -0.2) is 4.39 Å². The number of furan rings is 1. The quantitative estimate of drug-likeness (QED) is 0.331. The van der Waals surface area contributed by atoms with Crippen LogP contribution < -0.4 is 10.6 Å². The molecule has 1 saturated carbocycles. The van der Waals surface area contributed by atoms with Crippen LogP contribution in [-0.2, 0) is 4.79 Å². The van der Waals surface area contributed by atoms with Crippen LogP contribution in [0.15, 0.2) is 71.1 Å². The molecule has 0 bridgehead atoms. The van der Waals surface area contributed by atoms with Crippen molar-refractivity contribution >= 4 is 28.6 Å². The minimum atomic E-state index is -0.374. The molecule has 1 fully saturated rings. The molecule has 1 aliphatic rings. The first-order valence-electron chi connectivity index (χ1n) is 12.3. The Morgan fingerprint density at radius 3 is 2.38 bits per heavy atom. The maximum atomic E-state index is 13.5. The van der Waals surface area contributed by atoms with Crippen molar-refractivity contribution in [3.63, 3.8) is 0 Å². The van der Waals surface area contributed by atoms with E-state index in [0.717, 1.165) is 24.0 Å². The lowest BCUT2D eigenvalue weighted by Crippen LogP contribution is -2.31. The number of nitrogens with one attached hydrogen (secondary N) is 2. The summed E-state index contributed by atoms with van der Waals surface area (Å²) in [4.78, 5) is 37.5. The lowest BCUT2D eigenvalue weighted by molar-refractivity contribution is -0.119. The summed E-state index contributed by atoms with van der Waals surface area (Å²) in [7, 11) is 1.55. The molecular formula is C30H27FN2O4. The number of hydrogen-bond acceptors (Lipinski definition) is 4. The molecule has 1 aliphatic carbocycles. The smallest absolute Gasteiger partial charge is 0.255 e. The number of Topliss-reactive ketones (excluding diaryl/α,β-unsaturated/α-hetero) is 1. The summed E-state index contributed by atoms with van der Waals surface area (Å²) >= 11 is 0. The summed E-state index contributed by atoms with van der Waals surface area (Å²) in [6.45, 7) is 1.49. The molecule has 1 unspecified atom stereocenters. The summed E-state index contributed by atoms with van der Waals surface area (Å²) in [6, 6.07) is 18.9. The molecule has 6 nitrogen and oxygen atoms in total. The lowest BCUT2D eigenvalue weighted by atomic mass is 9.93. The van der Waals surface area contributed by atoms with E-state index in [9.17, 15) is 18.8 Å². The maximum absolute atomic E-state index is 13.5. The number of benzene rings is 3. The van der Waals surface area contributed by atoms with Crippen LogP contribution in [0.1, 0.15) is 46.9 Å². The number of halogens is 1. The summed E-state index contributed by atoms with van der Waals surface area (Å²) in [5, 5.41) is 6.21. The molecule has 2 N–H and O–H groups in total. The molecule has 1 heterocycles. The van der Waals surface area contributed by atoms with Crippen LogP contribution in [-0.4, -0.2) is 30.7 Å². The predicted octanol–water partition coefficient (Wildman–Crippen LogP) is 5.75. The van der Waals surface area contributed by atoms with Crippen LogP contribution in [0, 0.1) is 11.7 Å². The largest absolute Gasteiger partial charge is 0.455 e. The summed E-state index contributed by atoms with van der Waals surface area (Å²) in [5.41, 5.74) is 3.80. The molecule has 7 heteroatoms. The number of fused-ring (bicyclic) bond motifs is 1. The van der Waals surface area contributed by atoms with Gasteiger partial charge in [-0.2, -0.15) is 0 Å². The van der Waals surface area contributed by atoms with E-state index in [1.165, 1.54) is 19.1 Å². The van der Waals surface area contributed by atoms with Gasteiger partial charge in [0, 0.05) is 42.4 Å². The van der Waals surface area contributed by atoms with Crippen molar-refractivity contribution in [2.75, 3.05) is 7.05 Å². The van der Waals surface area contributed by atoms with E-state index in [-0.39, 0.29) is 35.4 Å². The predicted molar refractivity (Wildman–Crippen MR) is 140 cm³/mol. The molecule has 0 spiro atoms. The van der Waals surface area contributed by atoms with Gasteiger partial charge in [0.05, 0.1) is 5.56 Å². The normalized spacial score (nSPS) is 17.1. The van der Waals surface area contributed by atoms with Crippen LogP contribution >= 0.6 is 0 Å². The molecule has 1 aromatic heterocycles. The van der Waals surface area contributed by atoms with E-state index in [4.69, 9.17) is 4.42 Å². The van der Waals surface area contributed by atoms with Gasteiger partial charge in [-0.3, -0.25) is 14.4 Å². The molecular weight excluding hydrogens is 471 g/mol. The van der Waals surface area contributed by atoms with E-state index in [1.807, 2.05) is 36.4 Å². The van der Waals surface area contributed by atoms with Crippen LogP contribution in [0.4, 0.5) is 4.39 Å². The zero-order valence-corrected chi connectivity index (χ0v) is 20.6. The Bertz CT molecular complexity index is 1510. The van der Waals surface area contributed by atoms with Gasteiger partial charge in [0.15, 0.2) is 5.78 Å². The molecule has 37 heavy (non-hydrogen) atoms. The Morgan fingerprint density at radius 2 is 1.65 bits per heavy atom. The van der Waals surface area contributed by atoms with Gasteiger partial charge >= 0.3 is 0 Å². The highest BCUT2D eigenvalue weighted by Gasteiger charge is 2.31. The molecule has 3 aromatic carbocycles. The third-order valence-corrected chi connectivity index (χ3v) is 6.94. The first-order valence-corrected chi connectivity index (χ1v) is 12.3. The third-order valence-electron chi connectivity index (χ3n) is 6.94. The van der Waals surface area contributed by atoms with E-state index in [1.54, 1.807) is 25.2 Å². The molecule has 0 saturated heterocycles. The average molecular weight is 499 g/mol. The van der Waals surface area contributed by atoms with Crippen LogP contribution in [0.2, 0.25) is 0 Å². The first-order chi connectivity index (χ1) is 17.8. The van der Waals surface area contributed by atoms with Crippen molar-refractivity contribution in [3.8, 4) is 22.5 Å². The van der Waals surface area contributed by atoms with Crippen molar-refractivity contribution < 1.29 is 23.2 Å². The van der Waals surface area contributed by atoms with Gasteiger partial charge in [-0.15, -0.1) is 0 Å². The van der Waals surface area contributed by atoms with Gasteiger partial charge in [-0.1, -0.05) is 24.3 Å². The van der Waals surface area contributed by atoms with Gasteiger partial charge in [-0.05, 0) is 72.9 Å². The minimum absolute atomic E-state index is 0.0385. The third kappa shape index (κ3) is 4.89. The average Bonchev–Trinajstić information content (AvgIpc) is 3.52. The van der Waals surface area contributed by atoms with Crippen molar-refractivity contribution in [2.24, 2.45) is 5.92 Å². The standard InChI is InChI=1S/C30H27FN2O4/c1-17(34)33-24-12-8-22(15-24)28(35)21-5-3-4-19(14-21)20-9-13-26-25(16-20)27(30(36)32-2)29(37-26)18-6-10-23(31)11-7-18/h3-7,9-11,13-14,16,22,24H,8,12,15H2,1-2H3,(H,32,36)(H,33,34)/t22?,24-/m0/s1. The monoisotopic (exact) mass is 498 g/mol. The van der Waals surface area contributed by atoms with Crippen molar-refractivity contribution in [2.45, 2.75) is 32.2 Å². The fourth-order valence-electron chi connectivity index (χ4n) is 5.16. The number of rotatable bonds is 6. The molecule has 5 rings (SSSR count). The molecule has 4 aromatic rings. The highest BCUT2D eigenvalue weighted by atomic mass is 19.1. The highest BCUT2D eigenvalue weighted by Crippen LogP contribution is 2.37.